The highest BCUT2D eigenvalue weighted by molar-refractivity contribution is 7.13. The van der Waals surface area contributed by atoms with E-state index in [-0.39, 0.29) is 17.7 Å². The highest BCUT2D eigenvalue weighted by atomic mass is 32.1. The molecule has 2 heterocycles. The highest BCUT2D eigenvalue weighted by Crippen LogP contribution is 2.36. The summed E-state index contributed by atoms with van der Waals surface area (Å²) in [5, 5.41) is 8.16. The summed E-state index contributed by atoms with van der Waals surface area (Å²) in [5.41, 5.74) is 4.99. The van der Waals surface area contributed by atoms with Gasteiger partial charge in [0.2, 0.25) is 11.8 Å². The minimum Gasteiger partial charge on any atom is -0.496 e. The second kappa shape index (κ2) is 11.0. The molecule has 1 aliphatic heterocycles. The highest BCUT2D eigenvalue weighted by Gasteiger charge is 2.33. The van der Waals surface area contributed by atoms with E-state index in [2.05, 4.69) is 46.0 Å². The van der Waals surface area contributed by atoms with Crippen molar-refractivity contribution in [2.45, 2.75) is 52.6 Å². The number of amides is 2. The fourth-order valence-electron chi connectivity index (χ4n) is 5.02. The molecule has 0 unspecified atom stereocenters. The Hall–Kier alpha value is -3.71. The molecule has 2 atom stereocenters. The van der Waals surface area contributed by atoms with Crippen LogP contribution in [0.15, 0.2) is 60.0 Å². The van der Waals surface area contributed by atoms with E-state index in [0.717, 1.165) is 56.0 Å². The molecule has 196 valence electrons. The third-order valence-electron chi connectivity index (χ3n) is 7.42. The lowest BCUT2D eigenvalue weighted by atomic mass is 10.00. The number of hydrogen-bond acceptors (Lipinski definition) is 5. The van der Waals surface area contributed by atoms with Crippen LogP contribution >= 0.6 is 11.3 Å². The number of aromatic nitrogens is 1. The number of ether oxygens (including phenoxy) is 1. The number of aryl methyl sites for hydroxylation is 2. The van der Waals surface area contributed by atoms with Gasteiger partial charge in [0.05, 0.1) is 13.7 Å². The van der Waals surface area contributed by atoms with E-state index in [1.807, 2.05) is 49.9 Å². The van der Waals surface area contributed by atoms with Crippen LogP contribution in [0, 0.1) is 12.8 Å². The zero-order valence-corrected chi connectivity index (χ0v) is 23.1. The number of carbonyl (C=O) groups is 2. The van der Waals surface area contributed by atoms with E-state index in [9.17, 15) is 9.59 Å². The molecule has 2 amide bonds. The predicted octanol–water partition coefficient (Wildman–Crippen LogP) is 6.29. The summed E-state index contributed by atoms with van der Waals surface area (Å²) in [4.78, 5) is 33.2. The second-order valence-electron chi connectivity index (χ2n) is 9.94. The van der Waals surface area contributed by atoms with Gasteiger partial charge in [-0.1, -0.05) is 50.2 Å². The molecule has 4 aromatic rings. The first-order chi connectivity index (χ1) is 18.4. The van der Waals surface area contributed by atoms with Gasteiger partial charge in [0.1, 0.15) is 16.8 Å². The number of anilines is 1. The first-order valence-corrected chi connectivity index (χ1v) is 14.0. The van der Waals surface area contributed by atoms with Gasteiger partial charge in [0, 0.05) is 33.8 Å². The smallest absolute Gasteiger partial charge is 0.249 e. The molecule has 0 radical (unpaired) electrons. The van der Waals surface area contributed by atoms with Crippen LogP contribution in [-0.4, -0.2) is 29.9 Å². The van der Waals surface area contributed by atoms with Crippen molar-refractivity contribution < 1.29 is 14.3 Å². The van der Waals surface area contributed by atoms with Gasteiger partial charge in [-0.05, 0) is 60.7 Å². The third-order valence-corrected chi connectivity index (χ3v) is 8.43. The number of thiazole rings is 1. The van der Waals surface area contributed by atoms with Gasteiger partial charge in [0.25, 0.3) is 0 Å². The zero-order valence-electron chi connectivity index (χ0n) is 22.3. The fourth-order valence-corrected chi connectivity index (χ4v) is 5.81. The maximum atomic E-state index is 14.0. The standard InChI is InChI=1S/C31H33N3O3S/c1-5-19(2)29(35)33-26-14-11-21-8-6-7-9-27(21)34(31(26)36)17-25-24-13-10-23(30-32-20(3)18-38-30)16-22(24)12-15-28(25)37-4/h6-10,12-13,15-16,18-19,26H,5,11,14,17H2,1-4H3,(H,33,35)/t19-,26+/m1/s1. The largest absolute Gasteiger partial charge is 0.496 e. The molecule has 1 N–H and O–H groups in total. The normalized spacial score (nSPS) is 16.2. The Morgan fingerprint density at radius 3 is 2.76 bits per heavy atom. The summed E-state index contributed by atoms with van der Waals surface area (Å²) in [6.07, 6.45) is 2.01. The Bertz CT molecular complexity index is 1500. The lowest BCUT2D eigenvalue weighted by molar-refractivity contribution is -0.129. The fraction of sp³-hybridized carbons (Fsp3) is 0.323. The molecule has 0 bridgehead atoms. The molecule has 0 fully saturated rings. The number of para-hydroxylation sites is 1. The number of methoxy groups -OCH3 is 1. The minimum atomic E-state index is -0.579. The van der Waals surface area contributed by atoms with Gasteiger partial charge in [-0.2, -0.15) is 0 Å². The molecule has 38 heavy (non-hydrogen) atoms. The topological polar surface area (TPSA) is 71.5 Å². The molecule has 0 saturated carbocycles. The molecule has 1 aliphatic rings. The van der Waals surface area contributed by atoms with Gasteiger partial charge in [0.15, 0.2) is 0 Å². The average molecular weight is 528 g/mol. The van der Waals surface area contributed by atoms with E-state index >= 15 is 0 Å². The number of hydrogen-bond donors (Lipinski definition) is 1. The molecule has 3 aromatic carbocycles. The maximum absolute atomic E-state index is 14.0. The lowest BCUT2D eigenvalue weighted by Crippen LogP contribution is -2.49. The maximum Gasteiger partial charge on any atom is 0.249 e. The van der Waals surface area contributed by atoms with Crippen LogP contribution in [0.3, 0.4) is 0 Å². The Kier molecular flexibility index (Phi) is 7.47. The van der Waals surface area contributed by atoms with E-state index in [4.69, 9.17) is 4.74 Å². The quantitative estimate of drug-likeness (QED) is 0.307. The molecule has 5 rings (SSSR count). The summed E-state index contributed by atoms with van der Waals surface area (Å²) in [6.45, 7) is 6.21. The van der Waals surface area contributed by atoms with Crippen LogP contribution in [0.2, 0.25) is 0 Å². The van der Waals surface area contributed by atoms with E-state index < -0.39 is 6.04 Å². The van der Waals surface area contributed by atoms with Gasteiger partial charge in [-0.15, -0.1) is 11.3 Å². The van der Waals surface area contributed by atoms with Gasteiger partial charge in [-0.25, -0.2) is 4.98 Å². The van der Waals surface area contributed by atoms with Crippen LogP contribution in [-0.2, 0) is 22.6 Å². The van der Waals surface area contributed by atoms with E-state index in [0.29, 0.717) is 19.4 Å². The molecule has 0 aliphatic carbocycles. The van der Waals surface area contributed by atoms with Crippen molar-refractivity contribution in [3.8, 4) is 16.3 Å². The van der Waals surface area contributed by atoms with Crippen LogP contribution in [0.1, 0.15) is 43.5 Å². The summed E-state index contributed by atoms with van der Waals surface area (Å²) in [7, 11) is 1.66. The number of carbonyl (C=O) groups excluding carboxylic acids is 2. The Labute approximate surface area is 227 Å². The first-order valence-electron chi connectivity index (χ1n) is 13.1. The van der Waals surface area contributed by atoms with Crippen molar-refractivity contribution in [1.82, 2.24) is 10.3 Å². The number of nitrogens with one attached hydrogen (secondary N) is 1. The average Bonchev–Trinajstić information content (AvgIpc) is 3.33. The Morgan fingerprint density at radius 1 is 1.21 bits per heavy atom. The summed E-state index contributed by atoms with van der Waals surface area (Å²) < 4.78 is 5.79. The number of benzene rings is 3. The SMILES string of the molecule is CC[C@@H](C)C(=O)N[C@H]1CCc2ccccc2N(Cc2c(OC)ccc3cc(-c4nc(C)cs4)ccc23)C1=O. The first kappa shape index (κ1) is 25.9. The molecule has 0 spiro atoms. The Balaban J connectivity index is 1.56. The van der Waals surface area contributed by atoms with E-state index in [1.165, 1.54) is 0 Å². The molecule has 7 heteroatoms. The van der Waals surface area contributed by atoms with Crippen molar-refractivity contribution in [3.63, 3.8) is 0 Å². The van der Waals surface area contributed by atoms with Crippen molar-refractivity contribution in [1.29, 1.82) is 0 Å². The minimum absolute atomic E-state index is 0.0792. The number of fused-ring (bicyclic) bond motifs is 2. The predicted molar refractivity (Wildman–Crippen MR) is 154 cm³/mol. The van der Waals surface area contributed by atoms with Crippen LogP contribution < -0.4 is 15.0 Å². The van der Waals surface area contributed by atoms with Crippen molar-refractivity contribution >= 4 is 39.6 Å². The summed E-state index contributed by atoms with van der Waals surface area (Å²) >= 11 is 1.63. The third kappa shape index (κ3) is 5.03. The number of nitrogens with zero attached hydrogens (tertiary/aromatic N) is 2. The van der Waals surface area contributed by atoms with Crippen molar-refractivity contribution in [3.05, 3.63) is 76.8 Å². The monoisotopic (exact) mass is 527 g/mol. The Morgan fingerprint density at radius 2 is 2.03 bits per heavy atom. The summed E-state index contributed by atoms with van der Waals surface area (Å²) in [6, 6.07) is 17.8. The lowest BCUT2D eigenvalue weighted by Gasteiger charge is -2.28. The van der Waals surface area contributed by atoms with Crippen LogP contribution in [0.4, 0.5) is 5.69 Å². The van der Waals surface area contributed by atoms with Crippen LogP contribution in [0.5, 0.6) is 5.75 Å². The van der Waals surface area contributed by atoms with Gasteiger partial charge in [-0.3, -0.25) is 9.59 Å². The molecule has 0 saturated heterocycles. The molecular formula is C31H33N3O3S. The second-order valence-corrected chi connectivity index (χ2v) is 10.8. The van der Waals surface area contributed by atoms with Gasteiger partial charge >= 0.3 is 0 Å². The summed E-state index contributed by atoms with van der Waals surface area (Å²) in [5.74, 6) is 0.408. The molecular weight excluding hydrogens is 494 g/mol. The van der Waals surface area contributed by atoms with Crippen molar-refractivity contribution in [2.24, 2.45) is 5.92 Å². The van der Waals surface area contributed by atoms with Crippen molar-refractivity contribution in [2.75, 3.05) is 12.0 Å². The van der Waals surface area contributed by atoms with Crippen LogP contribution in [0.25, 0.3) is 21.3 Å². The molecule has 6 nitrogen and oxygen atoms in total. The van der Waals surface area contributed by atoms with Gasteiger partial charge < -0.3 is 15.0 Å². The zero-order chi connectivity index (χ0) is 26.8. The molecule has 1 aromatic heterocycles. The number of rotatable bonds is 7. The van der Waals surface area contributed by atoms with E-state index in [1.54, 1.807) is 18.4 Å².